The molecule has 0 N–H and O–H groups in total. The molecule has 0 spiro atoms. The van der Waals surface area contributed by atoms with Crippen molar-refractivity contribution in [2.24, 2.45) is 0 Å². The van der Waals surface area contributed by atoms with Crippen molar-refractivity contribution in [3.05, 3.63) is 182 Å². The van der Waals surface area contributed by atoms with E-state index in [1.165, 1.54) is 49.2 Å². The highest BCUT2D eigenvalue weighted by molar-refractivity contribution is 6.22. The minimum atomic E-state index is 0.642. The van der Waals surface area contributed by atoms with Crippen molar-refractivity contribution in [2.75, 3.05) is 0 Å². The topological polar surface area (TPSA) is 43.1 Å². The zero-order chi connectivity index (χ0) is 33.7. The molecule has 238 valence electrons. The molecule has 0 saturated carbocycles. The standard InChI is InChI=1S/C47H30N4/c1-4-15-31(16-5-1)43-40-30-35(27-28-42(40)51-41-26-13-12-24-38(41)37-23-10-11-25-39(37)44(43)51)34-21-14-22-36(29-34)47-49-45(32-17-6-2-7-18-32)48-46(50-47)33-19-8-3-9-20-33/h1-30H. The molecular formula is C47H30N4. The molecule has 4 nitrogen and oxygen atoms in total. The number of hydrogen-bond acceptors (Lipinski definition) is 3. The lowest BCUT2D eigenvalue weighted by Gasteiger charge is -2.11. The molecule has 0 radical (unpaired) electrons. The van der Waals surface area contributed by atoms with E-state index < -0.39 is 0 Å². The maximum absolute atomic E-state index is 5.00. The molecule has 51 heavy (non-hydrogen) atoms. The van der Waals surface area contributed by atoms with Crippen LogP contribution in [-0.4, -0.2) is 19.4 Å². The molecule has 7 aromatic carbocycles. The van der Waals surface area contributed by atoms with Gasteiger partial charge in [0.15, 0.2) is 17.5 Å². The van der Waals surface area contributed by atoms with Gasteiger partial charge >= 0.3 is 0 Å². The maximum atomic E-state index is 5.00. The molecule has 10 aromatic rings. The summed E-state index contributed by atoms with van der Waals surface area (Å²) < 4.78 is 2.45. The first-order valence-electron chi connectivity index (χ1n) is 17.2. The highest BCUT2D eigenvalue weighted by atomic mass is 15.0. The summed E-state index contributed by atoms with van der Waals surface area (Å²) in [5, 5.41) is 4.96. The molecule has 0 aliphatic rings. The molecule has 0 fully saturated rings. The summed E-state index contributed by atoms with van der Waals surface area (Å²) >= 11 is 0. The first-order chi connectivity index (χ1) is 25.3. The van der Waals surface area contributed by atoms with Gasteiger partial charge in [-0.2, -0.15) is 0 Å². The second kappa shape index (κ2) is 11.9. The third-order valence-electron chi connectivity index (χ3n) is 9.80. The molecule has 0 unspecified atom stereocenters. The zero-order valence-corrected chi connectivity index (χ0v) is 27.6. The molecular weight excluding hydrogens is 621 g/mol. The van der Waals surface area contributed by atoms with Gasteiger partial charge in [-0.25, -0.2) is 15.0 Å². The molecule has 0 amide bonds. The Morgan fingerprint density at radius 2 is 0.765 bits per heavy atom. The lowest BCUT2D eigenvalue weighted by Crippen LogP contribution is -2.00. The number of benzene rings is 7. The zero-order valence-electron chi connectivity index (χ0n) is 27.6. The third kappa shape index (κ3) is 4.88. The van der Waals surface area contributed by atoms with Gasteiger partial charge in [0.05, 0.1) is 16.6 Å². The van der Waals surface area contributed by atoms with Crippen LogP contribution in [0.1, 0.15) is 0 Å². The minimum Gasteiger partial charge on any atom is -0.308 e. The van der Waals surface area contributed by atoms with Gasteiger partial charge in [0, 0.05) is 38.4 Å². The van der Waals surface area contributed by atoms with Crippen LogP contribution in [0.3, 0.4) is 0 Å². The van der Waals surface area contributed by atoms with Crippen LogP contribution in [0, 0.1) is 0 Å². The summed E-state index contributed by atoms with van der Waals surface area (Å²) in [6.07, 6.45) is 0. The van der Waals surface area contributed by atoms with E-state index >= 15 is 0 Å². The maximum Gasteiger partial charge on any atom is 0.164 e. The fraction of sp³-hybridized carbons (Fsp3) is 0. The van der Waals surface area contributed by atoms with Gasteiger partial charge < -0.3 is 4.40 Å². The minimum absolute atomic E-state index is 0.642. The monoisotopic (exact) mass is 650 g/mol. The van der Waals surface area contributed by atoms with Crippen molar-refractivity contribution in [3.63, 3.8) is 0 Å². The Morgan fingerprint density at radius 3 is 1.43 bits per heavy atom. The largest absolute Gasteiger partial charge is 0.308 e. The predicted molar refractivity (Wildman–Crippen MR) is 210 cm³/mol. The Bertz CT molecular complexity index is 2840. The Balaban J connectivity index is 1.20. The van der Waals surface area contributed by atoms with Crippen molar-refractivity contribution < 1.29 is 0 Å². The van der Waals surface area contributed by atoms with Crippen molar-refractivity contribution in [3.8, 4) is 56.4 Å². The Morgan fingerprint density at radius 1 is 0.294 bits per heavy atom. The summed E-state index contributed by atoms with van der Waals surface area (Å²) in [5.74, 6) is 1.95. The molecule has 0 bridgehead atoms. The van der Waals surface area contributed by atoms with E-state index in [1.54, 1.807) is 0 Å². The van der Waals surface area contributed by atoms with E-state index in [-0.39, 0.29) is 0 Å². The summed E-state index contributed by atoms with van der Waals surface area (Å²) in [6, 6.07) is 64.0. The Kier molecular flexibility index (Phi) is 6.78. The summed E-state index contributed by atoms with van der Waals surface area (Å²) in [6.45, 7) is 0. The second-order valence-corrected chi connectivity index (χ2v) is 12.8. The van der Waals surface area contributed by atoms with Gasteiger partial charge in [0.25, 0.3) is 0 Å². The molecule has 10 rings (SSSR count). The first kappa shape index (κ1) is 29.0. The van der Waals surface area contributed by atoms with Crippen LogP contribution in [0.4, 0.5) is 0 Å². The van der Waals surface area contributed by atoms with Gasteiger partial charge in [-0.1, -0.05) is 158 Å². The fourth-order valence-corrected chi connectivity index (χ4v) is 7.47. The van der Waals surface area contributed by atoms with Gasteiger partial charge in [-0.15, -0.1) is 0 Å². The molecule has 0 saturated heterocycles. The number of para-hydroxylation sites is 1. The highest BCUT2D eigenvalue weighted by Crippen LogP contribution is 2.43. The van der Waals surface area contributed by atoms with Crippen LogP contribution >= 0.6 is 0 Å². The quantitative estimate of drug-likeness (QED) is 0.174. The molecule has 0 aliphatic carbocycles. The Labute approximate surface area is 295 Å². The second-order valence-electron chi connectivity index (χ2n) is 12.8. The van der Waals surface area contributed by atoms with E-state index in [0.717, 1.165) is 27.8 Å². The van der Waals surface area contributed by atoms with E-state index in [9.17, 15) is 0 Å². The number of hydrogen-bond donors (Lipinski definition) is 0. The van der Waals surface area contributed by atoms with E-state index in [0.29, 0.717) is 17.5 Å². The predicted octanol–water partition coefficient (Wildman–Crippen LogP) is 11.9. The number of nitrogens with zero attached hydrogens (tertiary/aromatic N) is 4. The van der Waals surface area contributed by atoms with Crippen LogP contribution in [0.5, 0.6) is 0 Å². The first-order valence-corrected chi connectivity index (χ1v) is 17.2. The lowest BCUT2D eigenvalue weighted by atomic mass is 9.96. The highest BCUT2D eigenvalue weighted by Gasteiger charge is 2.20. The normalized spacial score (nSPS) is 11.5. The van der Waals surface area contributed by atoms with Crippen molar-refractivity contribution in [1.29, 1.82) is 0 Å². The number of fused-ring (bicyclic) bond motifs is 8. The van der Waals surface area contributed by atoms with Gasteiger partial charge in [0.1, 0.15) is 0 Å². The summed E-state index contributed by atoms with van der Waals surface area (Å²) in [4.78, 5) is 14.9. The van der Waals surface area contributed by atoms with Crippen LogP contribution in [0.15, 0.2) is 182 Å². The van der Waals surface area contributed by atoms with Crippen LogP contribution < -0.4 is 0 Å². The third-order valence-corrected chi connectivity index (χ3v) is 9.80. The lowest BCUT2D eigenvalue weighted by molar-refractivity contribution is 1.07. The number of pyridine rings is 1. The molecule has 3 heterocycles. The van der Waals surface area contributed by atoms with Crippen molar-refractivity contribution in [1.82, 2.24) is 19.4 Å². The molecule has 0 aliphatic heterocycles. The molecule has 4 heteroatoms. The van der Waals surface area contributed by atoms with Crippen LogP contribution in [0.25, 0.3) is 94.5 Å². The van der Waals surface area contributed by atoms with E-state index in [2.05, 4.69) is 126 Å². The van der Waals surface area contributed by atoms with Gasteiger partial charge in [-0.05, 0) is 46.3 Å². The smallest absolute Gasteiger partial charge is 0.164 e. The summed E-state index contributed by atoms with van der Waals surface area (Å²) in [7, 11) is 0. The SMILES string of the molecule is c1ccc(-c2nc(-c3ccccc3)nc(-c3cccc(-c4ccc5c(c4)c(-c4ccccc4)c4c6ccccc6c6ccccc6n54)c3)n2)cc1. The summed E-state index contributed by atoms with van der Waals surface area (Å²) in [5.41, 5.74) is 11.1. The van der Waals surface area contributed by atoms with Crippen LogP contribution in [0.2, 0.25) is 0 Å². The van der Waals surface area contributed by atoms with Crippen molar-refractivity contribution in [2.45, 2.75) is 0 Å². The van der Waals surface area contributed by atoms with E-state index in [4.69, 9.17) is 15.0 Å². The van der Waals surface area contributed by atoms with Gasteiger partial charge in [-0.3, -0.25) is 0 Å². The Hall–Kier alpha value is -6.91. The average Bonchev–Trinajstić information content (AvgIpc) is 3.57. The number of rotatable bonds is 5. The van der Waals surface area contributed by atoms with Crippen molar-refractivity contribution >= 4 is 38.1 Å². The average molecular weight is 651 g/mol. The van der Waals surface area contributed by atoms with E-state index in [1.807, 2.05) is 60.7 Å². The fourth-order valence-electron chi connectivity index (χ4n) is 7.47. The van der Waals surface area contributed by atoms with Crippen LogP contribution in [-0.2, 0) is 0 Å². The molecule has 0 atom stereocenters. The molecule has 3 aromatic heterocycles. The number of aromatic nitrogens is 4. The van der Waals surface area contributed by atoms with Gasteiger partial charge in [0.2, 0.25) is 0 Å².